The first-order valence-corrected chi connectivity index (χ1v) is 7.93. The standard InChI is InChI=1S/C17H19F3N2O6/c1-8-12(15(23)28-7-17(18,19)20)13(22-16(24)21-8)9-5-10(25-2)14(27-4)11(6-9)26-3/h5-6,13H,7H2,1-4H3,(H2,21,22,24)/t13-/m1/s1. The molecule has 1 aromatic carbocycles. The summed E-state index contributed by atoms with van der Waals surface area (Å²) in [6.07, 6.45) is -4.68. The van der Waals surface area contributed by atoms with E-state index in [1.54, 1.807) is 0 Å². The number of nitrogens with one attached hydrogen (secondary N) is 2. The molecule has 0 aromatic heterocycles. The Hall–Kier alpha value is -3.11. The van der Waals surface area contributed by atoms with E-state index < -0.39 is 30.8 Å². The average molecular weight is 404 g/mol. The van der Waals surface area contributed by atoms with Crippen molar-refractivity contribution in [2.75, 3.05) is 27.9 Å². The zero-order valence-corrected chi connectivity index (χ0v) is 15.5. The molecule has 0 radical (unpaired) electrons. The second-order valence-electron chi connectivity index (χ2n) is 5.72. The van der Waals surface area contributed by atoms with E-state index in [0.717, 1.165) is 0 Å². The number of benzene rings is 1. The Balaban J connectivity index is 2.50. The van der Waals surface area contributed by atoms with Crippen molar-refractivity contribution >= 4 is 12.0 Å². The van der Waals surface area contributed by atoms with Gasteiger partial charge in [0.25, 0.3) is 0 Å². The number of hydrogen-bond acceptors (Lipinski definition) is 6. The van der Waals surface area contributed by atoms with Crippen LogP contribution in [0, 0.1) is 0 Å². The van der Waals surface area contributed by atoms with Gasteiger partial charge in [-0.3, -0.25) is 0 Å². The van der Waals surface area contributed by atoms with Crippen LogP contribution in [-0.4, -0.2) is 46.1 Å². The molecule has 154 valence electrons. The van der Waals surface area contributed by atoms with Crippen LogP contribution in [0.1, 0.15) is 18.5 Å². The number of urea groups is 1. The maximum Gasteiger partial charge on any atom is 0.422 e. The van der Waals surface area contributed by atoms with Gasteiger partial charge in [-0.2, -0.15) is 13.2 Å². The summed E-state index contributed by atoms with van der Waals surface area (Å²) >= 11 is 0. The van der Waals surface area contributed by atoms with E-state index >= 15 is 0 Å². The molecule has 1 atom stereocenters. The predicted octanol–water partition coefficient (Wildman–Crippen LogP) is 2.45. The molecule has 0 aliphatic carbocycles. The van der Waals surface area contributed by atoms with Crippen molar-refractivity contribution < 1.29 is 41.7 Å². The minimum atomic E-state index is -4.68. The Morgan fingerprint density at radius 2 is 1.68 bits per heavy atom. The van der Waals surface area contributed by atoms with E-state index in [4.69, 9.17) is 14.2 Å². The first kappa shape index (κ1) is 21.2. The van der Waals surface area contributed by atoms with Crippen molar-refractivity contribution in [1.82, 2.24) is 10.6 Å². The number of carbonyl (C=O) groups is 2. The number of esters is 1. The van der Waals surface area contributed by atoms with Gasteiger partial charge in [0.1, 0.15) is 0 Å². The number of alkyl halides is 3. The van der Waals surface area contributed by atoms with E-state index in [-0.39, 0.29) is 28.5 Å². The second kappa shape index (κ2) is 8.28. The molecule has 0 saturated heterocycles. The van der Waals surface area contributed by atoms with Crippen LogP contribution in [0.5, 0.6) is 17.2 Å². The van der Waals surface area contributed by atoms with Gasteiger partial charge in [-0.25, -0.2) is 9.59 Å². The predicted molar refractivity (Wildman–Crippen MR) is 90.2 cm³/mol. The molecule has 1 aromatic rings. The molecule has 0 spiro atoms. The van der Waals surface area contributed by atoms with Crippen molar-refractivity contribution in [3.63, 3.8) is 0 Å². The Labute approximate surface area is 158 Å². The Kier molecular flexibility index (Phi) is 6.26. The third kappa shape index (κ3) is 4.59. The number of halogens is 3. The number of carbonyl (C=O) groups excluding carboxylic acids is 2. The number of allylic oxidation sites excluding steroid dienone is 1. The molecular formula is C17H19F3N2O6. The van der Waals surface area contributed by atoms with Crippen molar-refractivity contribution in [2.24, 2.45) is 0 Å². The van der Waals surface area contributed by atoms with Crippen LogP contribution < -0.4 is 24.8 Å². The zero-order chi connectivity index (χ0) is 21.1. The van der Waals surface area contributed by atoms with Gasteiger partial charge in [-0.1, -0.05) is 0 Å². The third-order valence-electron chi connectivity index (χ3n) is 3.88. The molecular weight excluding hydrogens is 385 g/mol. The summed E-state index contributed by atoms with van der Waals surface area (Å²) < 4.78 is 57.3. The van der Waals surface area contributed by atoms with Gasteiger partial charge in [0, 0.05) is 5.70 Å². The second-order valence-corrected chi connectivity index (χ2v) is 5.72. The molecule has 1 heterocycles. The molecule has 1 aliphatic rings. The fourth-order valence-corrected chi connectivity index (χ4v) is 2.71. The van der Waals surface area contributed by atoms with Crippen molar-refractivity contribution in [3.05, 3.63) is 29.0 Å². The average Bonchev–Trinajstić information content (AvgIpc) is 2.63. The van der Waals surface area contributed by atoms with Gasteiger partial charge in [0.2, 0.25) is 5.75 Å². The monoisotopic (exact) mass is 404 g/mol. The first-order valence-electron chi connectivity index (χ1n) is 7.93. The minimum absolute atomic E-state index is 0.0645. The van der Waals surface area contributed by atoms with E-state index in [9.17, 15) is 22.8 Å². The summed E-state index contributed by atoms with van der Waals surface area (Å²) in [5.74, 6) is -0.465. The molecule has 1 aliphatic heterocycles. The van der Waals surface area contributed by atoms with Gasteiger partial charge in [-0.05, 0) is 24.6 Å². The summed E-state index contributed by atoms with van der Waals surface area (Å²) in [5, 5.41) is 4.84. The van der Waals surface area contributed by atoms with E-state index in [1.165, 1.54) is 40.4 Å². The number of rotatable bonds is 6. The topological polar surface area (TPSA) is 95.1 Å². The van der Waals surface area contributed by atoms with Gasteiger partial charge >= 0.3 is 18.2 Å². The quantitative estimate of drug-likeness (QED) is 0.708. The Morgan fingerprint density at radius 1 is 1.11 bits per heavy atom. The highest BCUT2D eigenvalue weighted by molar-refractivity contribution is 5.95. The fraction of sp³-hybridized carbons (Fsp3) is 0.412. The Bertz CT molecular complexity index is 782. The third-order valence-corrected chi connectivity index (χ3v) is 3.88. The van der Waals surface area contributed by atoms with Crippen LogP contribution in [0.3, 0.4) is 0 Å². The van der Waals surface area contributed by atoms with Crippen LogP contribution in [0.4, 0.5) is 18.0 Å². The van der Waals surface area contributed by atoms with E-state index in [1.807, 2.05) is 0 Å². The molecule has 8 nitrogen and oxygen atoms in total. The molecule has 0 bridgehead atoms. The molecule has 11 heteroatoms. The number of amides is 2. The van der Waals surface area contributed by atoms with Gasteiger partial charge < -0.3 is 29.6 Å². The zero-order valence-electron chi connectivity index (χ0n) is 15.5. The van der Waals surface area contributed by atoms with Crippen LogP contribution in [0.25, 0.3) is 0 Å². The molecule has 2 N–H and O–H groups in total. The highest BCUT2D eigenvalue weighted by atomic mass is 19.4. The summed E-state index contributed by atoms with van der Waals surface area (Å²) in [5.41, 5.74) is 0.204. The maximum atomic E-state index is 12.4. The lowest BCUT2D eigenvalue weighted by molar-refractivity contribution is -0.183. The largest absolute Gasteiger partial charge is 0.493 e. The summed E-state index contributed by atoms with van der Waals surface area (Å²) in [6, 6.07) is 1.22. The first-order chi connectivity index (χ1) is 13.1. The van der Waals surface area contributed by atoms with Gasteiger partial charge in [0.15, 0.2) is 18.1 Å². The van der Waals surface area contributed by atoms with E-state index in [2.05, 4.69) is 15.4 Å². The smallest absolute Gasteiger partial charge is 0.422 e. The van der Waals surface area contributed by atoms with Crippen LogP contribution in [-0.2, 0) is 9.53 Å². The minimum Gasteiger partial charge on any atom is -0.493 e. The fourth-order valence-electron chi connectivity index (χ4n) is 2.71. The number of hydrogen-bond donors (Lipinski definition) is 2. The Morgan fingerprint density at radius 3 is 2.14 bits per heavy atom. The van der Waals surface area contributed by atoms with Crippen LogP contribution in [0.2, 0.25) is 0 Å². The van der Waals surface area contributed by atoms with Gasteiger partial charge in [-0.15, -0.1) is 0 Å². The summed E-state index contributed by atoms with van der Waals surface area (Å²) in [4.78, 5) is 24.2. The van der Waals surface area contributed by atoms with Crippen LogP contribution >= 0.6 is 0 Å². The van der Waals surface area contributed by atoms with Crippen molar-refractivity contribution in [1.29, 1.82) is 0 Å². The molecule has 2 amide bonds. The maximum absolute atomic E-state index is 12.4. The highest BCUT2D eigenvalue weighted by Crippen LogP contribution is 2.41. The van der Waals surface area contributed by atoms with Crippen molar-refractivity contribution in [2.45, 2.75) is 19.1 Å². The molecule has 2 rings (SSSR count). The highest BCUT2D eigenvalue weighted by Gasteiger charge is 2.36. The molecule has 0 unspecified atom stereocenters. The van der Waals surface area contributed by atoms with Crippen molar-refractivity contribution in [3.8, 4) is 17.2 Å². The lowest BCUT2D eigenvalue weighted by Gasteiger charge is -2.29. The number of methoxy groups -OCH3 is 3. The molecule has 0 saturated carbocycles. The lowest BCUT2D eigenvalue weighted by atomic mass is 9.95. The van der Waals surface area contributed by atoms with E-state index in [0.29, 0.717) is 5.56 Å². The number of ether oxygens (including phenoxy) is 4. The normalized spacial score (nSPS) is 16.8. The van der Waals surface area contributed by atoms with Gasteiger partial charge in [0.05, 0.1) is 32.9 Å². The SMILES string of the molecule is COc1cc([C@H]2NC(=O)NC(C)=C2C(=O)OCC(F)(F)F)cc(OC)c1OC. The van der Waals surface area contributed by atoms with Crippen LogP contribution in [0.15, 0.2) is 23.4 Å². The molecule has 0 fully saturated rings. The summed E-state index contributed by atoms with van der Waals surface area (Å²) in [6.45, 7) is -0.369. The lowest BCUT2D eigenvalue weighted by Crippen LogP contribution is -2.45. The summed E-state index contributed by atoms with van der Waals surface area (Å²) in [7, 11) is 4.15. The molecule has 28 heavy (non-hydrogen) atoms.